The molecule has 1 nitrogen and oxygen atoms in total. The number of benzene rings is 8. The van der Waals surface area contributed by atoms with Crippen molar-refractivity contribution in [3.63, 3.8) is 0 Å². The molecule has 0 fully saturated rings. The van der Waals surface area contributed by atoms with Crippen molar-refractivity contribution >= 4 is 72.4 Å². The van der Waals surface area contributed by atoms with Gasteiger partial charge in [-0.15, -0.1) is 0 Å². The van der Waals surface area contributed by atoms with Crippen molar-refractivity contribution in [1.82, 2.24) is 0 Å². The van der Waals surface area contributed by atoms with Crippen LogP contribution in [0.15, 0.2) is 164 Å². The second-order valence-electron chi connectivity index (χ2n) is 13.8. The van der Waals surface area contributed by atoms with E-state index in [4.69, 9.17) is 0 Å². The molecule has 9 aromatic rings. The molecule has 0 saturated heterocycles. The molecule has 0 N–H and O–H groups in total. The molecular weight excluding hydrogens is 657 g/mol. The van der Waals surface area contributed by atoms with E-state index in [0.717, 1.165) is 5.69 Å². The predicted molar refractivity (Wildman–Crippen MR) is 211 cm³/mol. The summed E-state index contributed by atoms with van der Waals surface area (Å²) in [6.45, 7) is 4.73. The van der Waals surface area contributed by atoms with Gasteiger partial charge in [0.15, 0.2) is 0 Å². The molecular formula is C47H33NSe. The van der Waals surface area contributed by atoms with E-state index in [1.54, 1.807) is 0 Å². The van der Waals surface area contributed by atoms with Crippen molar-refractivity contribution in [2.75, 3.05) is 4.90 Å². The molecule has 2 heteroatoms. The zero-order valence-electron chi connectivity index (χ0n) is 27.4. The summed E-state index contributed by atoms with van der Waals surface area (Å²) < 4.78 is 2.95. The summed E-state index contributed by atoms with van der Waals surface area (Å²) >= 11 is 0.184. The van der Waals surface area contributed by atoms with Gasteiger partial charge < -0.3 is 0 Å². The van der Waals surface area contributed by atoms with Crippen LogP contribution in [-0.2, 0) is 5.41 Å². The summed E-state index contributed by atoms with van der Waals surface area (Å²) in [6, 6.07) is 61.0. The molecule has 0 bridgehead atoms. The summed E-state index contributed by atoms with van der Waals surface area (Å²) in [7, 11) is 0. The molecule has 0 unspecified atom stereocenters. The first-order chi connectivity index (χ1) is 24.0. The van der Waals surface area contributed by atoms with Crippen LogP contribution in [0.3, 0.4) is 0 Å². The first kappa shape index (κ1) is 28.6. The predicted octanol–water partition coefficient (Wildman–Crippen LogP) is 12.8. The second-order valence-corrected chi connectivity index (χ2v) is 16.0. The Balaban J connectivity index is 1.19. The Bertz CT molecular complexity index is 2750. The molecule has 49 heavy (non-hydrogen) atoms. The van der Waals surface area contributed by atoms with Crippen LogP contribution in [0, 0.1) is 0 Å². The van der Waals surface area contributed by atoms with Gasteiger partial charge in [0, 0.05) is 0 Å². The van der Waals surface area contributed by atoms with Crippen LogP contribution in [0.1, 0.15) is 25.0 Å². The van der Waals surface area contributed by atoms with E-state index in [1.165, 1.54) is 85.6 Å². The molecule has 1 aliphatic carbocycles. The van der Waals surface area contributed by atoms with E-state index in [0.29, 0.717) is 0 Å². The summed E-state index contributed by atoms with van der Waals surface area (Å²) in [6.07, 6.45) is 0. The Kier molecular flexibility index (Phi) is 6.31. The third-order valence-corrected chi connectivity index (χ3v) is 13.1. The van der Waals surface area contributed by atoms with E-state index in [1.807, 2.05) is 0 Å². The van der Waals surface area contributed by atoms with Gasteiger partial charge in [0.1, 0.15) is 0 Å². The number of nitrogens with zero attached hydrogens (tertiary/aromatic N) is 1. The Morgan fingerprint density at radius 3 is 2.04 bits per heavy atom. The standard InChI is InChI=1S/C47H33NSe/c1-47(2)42-18-9-8-17-38(42)39-25-22-35(28-43(39)47)48(34-15-10-14-33(27-34)30-11-4-3-5-12-30)36-23-26-40-41-24-21-32-20-19-31-13-6-7-16-37(31)45(32)46(41)49-44(40)29-36/h3-29H,1-2H3. The van der Waals surface area contributed by atoms with Crippen molar-refractivity contribution in [3.05, 3.63) is 175 Å². The van der Waals surface area contributed by atoms with Crippen LogP contribution >= 0.6 is 0 Å². The van der Waals surface area contributed by atoms with Crippen molar-refractivity contribution in [3.8, 4) is 22.3 Å². The van der Waals surface area contributed by atoms with E-state index in [2.05, 4.69) is 183 Å². The van der Waals surface area contributed by atoms with Crippen LogP contribution in [-0.4, -0.2) is 14.5 Å². The average Bonchev–Trinajstić information content (AvgIpc) is 3.63. The third-order valence-electron chi connectivity index (χ3n) is 10.6. The minimum absolute atomic E-state index is 0.0774. The SMILES string of the molecule is CC1(C)c2ccccc2-c2ccc(N(c3cccc(-c4ccccc4)c3)c3ccc4c(c3)[se]c3c4ccc4ccc5ccccc5c43)cc21. The molecule has 0 radical (unpaired) electrons. The molecule has 0 spiro atoms. The summed E-state index contributed by atoms with van der Waals surface area (Å²) in [5.74, 6) is 0. The molecule has 0 saturated carbocycles. The van der Waals surface area contributed by atoms with Crippen LogP contribution in [0.25, 0.3) is 63.1 Å². The van der Waals surface area contributed by atoms with Crippen molar-refractivity contribution in [1.29, 1.82) is 0 Å². The summed E-state index contributed by atoms with van der Waals surface area (Å²) in [5, 5.41) is 8.17. The molecule has 0 atom stereocenters. The van der Waals surface area contributed by atoms with E-state index >= 15 is 0 Å². The van der Waals surface area contributed by atoms with E-state index in [-0.39, 0.29) is 19.9 Å². The Labute approximate surface area is 292 Å². The monoisotopic (exact) mass is 691 g/mol. The third kappa shape index (κ3) is 4.38. The van der Waals surface area contributed by atoms with Gasteiger partial charge in [0.2, 0.25) is 0 Å². The van der Waals surface area contributed by atoms with Crippen molar-refractivity contribution < 1.29 is 0 Å². The fourth-order valence-corrected chi connectivity index (χ4v) is 10.9. The zero-order chi connectivity index (χ0) is 32.7. The van der Waals surface area contributed by atoms with Gasteiger partial charge in [-0.05, 0) is 0 Å². The topological polar surface area (TPSA) is 3.24 Å². The number of fused-ring (bicyclic) bond motifs is 10. The van der Waals surface area contributed by atoms with Gasteiger partial charge in [-0.3, -0.25) is 0 Å². The summed E-state index contributed by atoms with van der Waals surface area (Å²) in [4.78, 5) is 2.47. The molecule has 1 aromatic heterocycles. The fourth-order valence-electron chi connectivity index (χ4n) is 8.18. The van der Waals surface area contributed by atoms with Crippen molar-refractivity contribution in [2.45, 2.75) is 19.3 Å². The van der Waals surface area contributed by atoms with Gasteiger partial charge in [-0.1, -0.05) is 0 Å². The number of rotatable bonds is 4. The van der Waals surface area contributed by atoms with Gasteiger partial charge in [0.05, 0.1) is 0 Å². The minimum atomic E-state index is -0.0774. The zero-order valence-corrected chi connectivity index (χ0v) is 29.2. The number of anilines is 3. The first-order valence-electron chi connectivity index (χ1n) is 17.0. The van der Waals surface area contributed by atoms with E-state index < -0.39 is 0 Å². The normalized spacial score (nSPS) is 13.3. The number of hydrogen-bond donors (Lipinski definition) is 0. The quantitative estimate of drug-likeness (QED) is 0.131. The maximum absolute atomic E-state index is 2.47. The summed E-state index contributed by atoms with van der Waals surface area (Å²) in [5.41, 5.74) is 11.4. The maximum atomic E-state index is 2.47. The molecule has 1 aliphatic rings. The molecule has 8 aromatic carbocycles. The molecule has 0 aliphatic heterocycles. The van der Waals surface area contributed by atoms with Crippen molar-refractivity contribution in [2.24, 2.45) is 0 Å². The molecule has 10 rings (SSSR count). The second kappa shape index (κ2) is 10.8. The van der Waals surface area contributed by atoms with Crippen LogP contribution in [0.5, 0.6) is 0 Å². The van der Waals surface area contributed by atoms with Gasteiger partial charge in [-0.25, -0.2) is 0 Å². The van der Waals surface area contributed by atoms with Gasteiger partial charge in [-0.2, -0.15) is 0 Å². The fraction of sp³-hybridized carbons (Fsp3) is 0.0638. The molecule has 232 valence electrons. The van der Waals surface area contributed by atoms with Crippen LogP contribution < -0.4 is 4.90 Å². The van der Waals surface area contributed by atoms with Crippen LogP contribution in [0.2, 0.25) is 0 Å². The molecule has 0 amide bonds. The Morgan fingerprint density at radius 2 is 1.12 bits per heavy atom. The van der Waals surface area contributed by atoms with Gasteiger partial charge in [0.25, 0.3) is 0 Å². The molecule has 1 heterocycles. The first-order valence-corrected chi connectivity index (χ1v) is 18.7. The number of hydrogen-bond acceptors (Lipinski definition) is 1. The Hall–Kier alpha value is -5.40. The Morgan fingerprint density at radius 1 is 0.449 bits per heavy atom. The van der Waals surface area contributed by atoms with Crippen LogP contribution in [0.4, 0.5) is 17.1 Å². The average molecular weight is 691 g/mol. The van der Waals surface area contributed by atoms with E-state index in [9.17, 15) is 0 Å². The van der Waals surface area contributed by atoms with Gasteiger partial charge >= 0.3 is 294 Å².